The highest BCUT2D eigenvalue weighted by molar-refractivity contribution is 5.82. The van der Waals surface area contributed by atoms with Gasteiger partial charge in [-0.2, -0.15) is 0 Å². The normalized spacial score (nSPS) is 22.2. The lowest BCUT2D eigenvalue weighted by Crippen LogP contribution is -2.32. The zero-order valence-electron chi connectivity index (χ0n) is 7.09. The Morgan fingerprint density at radius 1 is 1.58 bits per heavy atom. The Morgan fingerprint density at radius 2 is 2.25 bits per heavy atom. The Kier molecular flexibility index (Phi) is 3.14. The van der Waals surface area contributed by atoms with Crippen molar-refractivity contribution < 1.29 is 13.6 Å². The molecule has 1 unspecified atom stereocenters. The Labute approximate surface area is 70.5 Å². The highest BCUT2D eigenvalue weighted by Crippen LogP contribution is 2.14. The Balaban J connectivity index is 2.32. The maximum Gasteiger partial charge on any atom is 0.240 e. The minimum absolute atomic E-state index is 0.132. The average Bonchev–Trinajstić information content (AvgIpc) is 2.34. The van der Waals surface area contributed by atoms with Crippen molar-refractivity contribution in [3.05, 3.63) is 0 Å². The van der Waals surface area contributed by atoms with E-state index in [0.29, 0.717) is 19.5 Å². The summed E-state index contributed by atoms with van der Waals surface area (Å²) in [6.07, 6.45) is -1.88. The van der Waals surface area contributed by atoms with Crippen LogP contribution in [0.1, 0.15) is 19.8 Å². The quantitative estimate of drug-likeness (QED) is 0.647. The first-order valence-corrected chi connectivity index (χ1v) is 4.13. The minimum atomic E-state index is -2.27. The van der Waals surface area contributed by atoms with Gasteiger partial charge in [0.05, 0.1) is 6.54 Å². The number of alkyl halides is 2. The second kappa shape index (κ2) is 3.94. The van der Waals surface area contributed by atoms with Gasteiger partial charge in [0.25, 0.3) is 0 Å². The predicted octanol–water partition coefficient (Wildman–Crippen LogP) is 1.30. The minimum Gasteiger partial charge on any atom is -0.298 e. The molecular weight excluding hydrogens is 164 g/mol. The van der Waals surface area contributed by atoms with Gasteiger partial charge in [-0.05, 0) is 6.92 Å². The van der Waals surface area contributed by atoms with Gasteiger partial charge in [-0.25, -0.2) is 8.78 Å². The van der Waals surface area contributed by atoms with Crippen molar-refractivity contribution in [2.75, 3.05) is 13.1 Å². The van der Waals surface area contributed by atoms with Crippen molar-refractivity contribution in [1.82, 2.24) is 4.90 Å². The Bertz CT molecular complexity index is 172. The van der Waals surface area contributed by atoms with Gasteiger partial charge >= 0.3 is 0 Å². The molecule has 1 fully saturated rings. The first-order valence-electron chi connectivity index (χ1n) is 4.13. The maximum absolute atomic E-state index is 11.9. The summed E-state index contributed by atoms with van der Waals surface area (Å²) in [5, 5.41) is 0. The third-order valence-corrected chi connectivity index (χ3v) is 2.20. The summed E-state index contributed by atoms with van der Waals surface area (Å²) in [5.74, 6) is 0.163. The predicted molar refractivity (Wildman–Crippen MR) is 41.3 cm³/mol. The largest absolute Gasteiger partial charge is 0.298 e. The molecule has 1 saturated heterocycles. The van der Waals surface area contributed by atoms with Crippen LogP contribution in [0, 0.1) is 0 Å². The van der Waals surface area contributed by atoms with Crippen LogP contribution < -0.4 is 0 Å². The number of rotatable bonds is 3. The van der Waals surface area contributed by atoms with E-state index in [1.807, 2.05) is 4.90 Å². The molecule has 0 spiro atoms. The number of Topliss-reactive ketones (excluding diaryl/α,β-unsaturated/α-hetero) is 1. The molecule has 0 amide bonds. The lowest BCUT2D eigenvalue weighted by Gasteiger charge is -2.22. The lowest BCUT2D eigenvalue weighted by atomic mass is 10.2. The first-order chi connectivity index (χ1) is 5.59. The summed E-state index contributed by atoms with van der Waals surface area (Å²) in [5.41, 5.74) is 0. The van der Waals surface area contributed by atoms with Crippen LogP contribution in [0.25, 0.3) is 0 Å². The molecule has 4 heteroatoms. The van der Waals surface area contributed by atoms with E-state index in [1.54, 1.807) is 6.92 Å². The molecule has 0 aromatic heterocycles. The molecule has 0 N–H and O–H groups in total. The highest BCUT2D eigenvalue weighted by Gasteiger charge is 2.25. The van der Waals surface area contributed by atoms with Crippen molar-refractivity contribution >= 4 is 5.78 Å². The summed E-state index contributed by atoms with van der Waals surface area (Å²) >= 11 is 0. The monoisotopic (exact) mass is 177 g/mol. The number of likely N-dealkylation sites (tertiary alicyclic amines) is 1. The van der Waals surface area contributed by atoms with Gasteiger partial charge in [0.15, 0.2) is 0 Å². The molecular formula is C8H13F2NO. The molecule has 0 aromatic carbocycles. The van der Waals surface area contributed by atoms with Gasteiger partial charge in [0.1, 0.15) is 5.78 Å². The standard InChI is InChI=1S/C8H13F2NO/c1-6(4-8(9)10)11-3-2-7(12)5-11/h6,8H,2-5H2,1H3. The van der Waals surface area contributed by atoms with E-state index in [0.717, 1.165) is 0 Å². The zero-order chi connectivity index (χ0) is 9.14. The fourth-order valence-electron chi connectivity index (χ4n) is 1.44. The van der Waals surface area contributed by atoms with Gasteiger partial charge in [-0.15, -0.1) is 0 Å². The van der Waals surface area contributed by atoms with E-state index >= 15 is 0 Å². The summed E-state index contributed by atoms with van der Waals surface area (Å²) in [6, 6.07) is -0.170. The summed E-state index contributed by atoms with van der Waals surface area (Å²) in [4.78, 5) is 12.6. The smallest absolute Gasteiger partial charge is 0.240 e. The van der Waals surface area contributed by atoms with Crippen LogP contribution in [0.4, 0.5) is 8.78 Å². The second-order valence-corrected chi connectivity index (χ2v) is 3.23. The molecule has 1 rings (SSSR count). The molecule has 12 heavy (non-hydrogen) atoms. The van der Waals surface area contributed by atoms with Crippen LogP contribution in [0.3, 0.4) is 0 Å². The molecule has 1 aliphatic rings. The molecule has 0 aromatic rings. The van der Waals surface area contributed by atoms with Crippen LogP contribution in [0.2, 0.25) is 0 Å². The van der Waals surface area contributed by atoms with Crippen molar-refractivity contribution in [1.29, 1.82) is 0 Å². The molecule has 1 atom stereocenters. The number of halogens is 2. The number of hydrogen-bond acceptors (Lipinski definition) is 2. The average molecular weight is 177 g/mol. The highest BCUT2D eigenvalue weighted by atomic mass is 19.3. The second-order valence-electron chi connectivity index (χ2n) is 3.23. The van der Waals surface area contributed by atoms with E-state index in [2.05, 4.69) is 0 Å². The fraction of sp³-hybridized carbons (Fsp3) is 0.875. The molecule has 1 heterocycles. The molecule has 1 aliphatic heterocycles. The van der Waals surface area contributed by atoms with E-state index in [4.69, 9.17) is 0 Å². The SMILES string of the molecule is CC(CC(F)F)N1CCC(=O)C1. The van der Waals surface area contributed by atoms with Gasteiger partial charge in [0, 0.05) is 25.4 Å². The topological polar surface area (TPSA) is 20.3 Å². The molecule has 0 saturated carbocycles. The van der Waals surface area contributed by atoms with Crippen molar-refractivity contribution in [3.63, 3.8) is 0 Å². The maximum atomic E-state index is 11.9. The fourth-order valence-corrected chi connectivity index (χ4v) is 1.44. The van der Waals surface area contributed by atoms with Gasteiger partial charge in [-0.3, -0.25) is 9.69 Å². The number of carbonyl (C=O) groups is 1. The zero-order valence-corrected chi connectivity index (χ0v) is 7.09. The van der Waals surface area contributed by atoms with Gasteiger partial charge < -0.3 is 0 Å². The van der Waals surface area contributed by atoms with Crippen LogP contribution in [0.5, 0.6) is 0 Å². The Morgan fingerprint density at radius 3 is 2.67 bits per heavy atom. The first kappa shape index (κ1) is 9.58. The van der Waals surface area contributed by atoms with Crippen LogP contribution in [-0.4, -0.2) is 36.2 Å². The van der Waals surface area contributed by atoms with Crippen molar-refractivity contribution in [2.24, 2.45) is 0 Å². The van der Waals surface area contributed by atoms with Crippen molar-refractivity contribution in [2.45, 2.75) is 32.2 Å². The number of nitrogens with zero attached hydrogens (tertiary/aromatic N) is 1. The van der Waals surface area contributed by atoms with Crippen LogP contribution in [-0.2, 0) is 4.79 Å². The van der Waals surface area contributed by atoms with Gasteiger partial charge in [-0.1, -0.05) is 0 Å². The van der Waals surface area contributed by atoms with E-state index in [9.17, 15) is 13.6 Å². The number of ketones is 1. The summed E-state index contributed by atoms with van der Waals surface area (Å²) < 4.78 is 23.8. The molecule has 0 bridgehead atoms. The molecule has 2 nitrogen and oxygen atoms in total. The third kappa shape index (κ3) is 2.52. The molecule has 0 aliphatic carbocycles. The van der Waals surface area contributed by atoms with Crippen LogP contribution in [0.15, 0.2) is 0 Å². The van der Waals surface area contributed by atoms with Crippen molar-refractivity contribution in [3.8, 4) is 0 Å². The number of hydrogen-bond donors (Lipinski definition) is 0. The van der Waals surface area contributed by atoms with E-state index in [1.165, 1.54) is 0 Å². The Hall–Kier alpha value is -0.510. The lowest BCUT2D eigenvalue weighted by molar-refractivity contribution is -0.117. The third-order valence-electron chi connectivity index (χ3n) is 2.20. The molecule has 0 radical (unpaired) electrons. The number of carbonyl (C=O) groups excluding carboxylic acids is 1. The van der Waals surface area contributed by atoms with E-state index < -0.39 is 6.43 Å². The summed E-state index contributed by atoms with van der Waals surface area (Å²) in [6.45, 7) is 2.74. The summed E-state index contributed by atoms with van der Waals surface area (Å²) in [7, 11) is 0. The van der Waals surface area contributed by atoms with E-state index in [-0.39, 0.29) is 18.2 Å². The molecule has 70 valence electrons. The van der Waals surface area contributed by atoms with Crippen LogP contribution >= 0.6 is 0 Å². The van der Waals surface area contributed by atoms with Gasteiger partial charge in [0.2, 0.25) is 6.43 Å².